The molecule has 1 rings (SSSR count). The number of rotatable bonds is 3. The Labute approximate surface area is 103 Å². The maximum atomic E-state index is 6.06. The third-order valence-electron chi connectivity index (χ3n) is 3.51. The molecule has 15 heavy (non-hydrogen) atoms. The van der Waals surface area contributed by atoms with Crippen LogP contribution in [0.25, 0.3) is 0 Å². The molecule has 2 unspecified atom stereocenters. The Bertz CT molecular complexity index is 205. The van der Waals surface area contributed by atoms with Crippen LogP contribution < -0.4 is 0 Å². The van der Waals surface area contributed by atoms with Gasteiger partial charge in [-0.1, -0.05) is 36.7 Å². The molecule has 0 spiro atoms. The minimum atomic E-state index is 0.111. The van der Waals surface area contributed by atoms with E-state index in [0.29, 0.717) is 17.4 Å². The first-order valence-corrected chi connectivity index (χ1v) is 7.10. The van der Waals surface area contributed by atoms with E-state index < -0.39 is 0 Å². The van der Waals surface area contributed by atoms with E-state index in [-0.39, 0.29) is 5.60 Å². The zero-order valence-corrected chi connectivity index (χ0v) is 12.4. The van der Waals surface area contributed by atoms with E-state index in [0.717, 1.165) is 5.33 Å². The second-order valence-electron chi connectivity index (χ2n) is 6.49. The highest BCUT2D eigenvalue weighted by atomic mass is 79.9. The summed E-state index contributed by atoms with van der Waals surface area (Å²) in [4.78, 5) is 0. The summed E-state index contributed by atoms with van der Waals surface area (Å²) in [5.74, 6) is 0.705. The first-order valence-electron chi connectivity index (χ1n) is 5.98. The van der Waals surface area contributed by atoms with E-state index in [2.05, 4.69) is 50.5 Å². The number of halogens is 1. The minimum absolute atomic E-state index is 0.111. The van der Waals surface area contributed by atoms with Gasteiger partial charge in [0.05, 0.1) is 11.7 Å². The Balaban J connectivity index is 2.48. The van der Waals surface area contributed by atoms with Crippen LogP contribution in [0, 0.1) is 11.3 Å². The van der Waals surface area contributed by atoms with Gasteiger partial charge in [0.1, 0.15) is 0 Å². The SMILES string of the molecule is CC1(C)CCC(CC(CBr)C(C)(C)C)O1. The molecule has 0 radical (unpaired) electrons. The van der Waals surface area contributed by atoms with Crippen LogP contribution in [-0.4, -0.2) is 17.0 Å². The van der Waals surface area contributed by atoms with Gasteiger partial charge in [0, 0.05) is 5.33 Å². The smallest absolute Gasteiger partial charge is 0.0631 e. The van der Waals surface area contributed by atoms with Gasteiger partial charge in [0.25, 0.3) is 0 Å². The first kappa shape index (κ1) is 13.5. The summed E-state index contributed by atoms with van der Waals surface area (Å²) in [6.07, 6.45) is 4.10. The Morgan fingerprint density at radius 1 is 1.40 bits per heavy atom. The summed E-state index contributed by atoms with van der Waals surface area (Å²) >= 11 is 3.63. The van der Waals surface area contributed by atoms with Crippen molar-refractivity contribution in [1.29, 1.82) is 0 Å². The summed E-state index contributed by atoms with van der Waals surface area (Å²) in [6.45, 7) is 11.4. The average molecular weight is 277 g/mol. The second-order valence-corrected chi connectivity index (χ2v) is 7.14. The van der Waals surface area contributed by atoms with Crippen LogP contribution in [0.15, 0.2) is 0 Å². The molecule has 0 saturated carbocycles. The predicted octanol–water partition coefficient (Wildman–Crippen LogP) is 4.39. The van der Waals surface area contributed by atoms with Crippen molar-refractivity contribution in [2.75, 3.05) is 5.33 Å². The van der Waals surface area contributed by atoms with Gasteiger partial charge in [-0.3, -0.25) is 0 Å². The molecule has 1 fully saturated rings. The monoisotopic (exact) mass is 276 g/mol. The summed E-state index contributed by atoms with van der Waals surface area (Å²) in [5, 5.41) is 1.08. The van der Waals surface area contributed by atoms with Gasteiger partial charge in [-0.25, -0.2) is 0 Å². The van der Waals surface area contributed by atoms with Crippen molar-refractivity contribution in [1.82, 2.24) is 0 Å². The summed E-state index contributed by atoms with van der Waals surface area (Å²) in [5.41, 5.74) is 0.485. The zero-order chi connectivity index (χ0) is 11.7. The molecule has 1 aliphatic heterocycles. The lowest BCUT2D eigenvalue weighted by molar-refractivity contribution is -0.0295. The van der Waals surface area contributed by atoms with Crippen molar-refractivity contribution in [3.05, 3.63) is 0 Å². The largest absolute Gasteiger partial charge is 0.372 e. The molecule has 2 atom stereocenters. The van der Waals surface area contributed by atoms with Gasteiger partial charge in [-0.05, 0) is 44.4 Å². The van der Waals surface area contributed by atoms with Gasteiger partial charge in [-0.15, -0.1) is 0 Å². The van der Waals surface area contributed by atoms with Crippen molar-refractivity contribution in [3.8, 4) is 0 Å². The number of ether oxygens (including phenoxy) is 1. The zero-order valence-electron chi connectivity index (χ0n) is 10.8. The van der Waals surface area contributed by atoms with Crippen LogP contribution in [0.4, 0.5) is 0 Å². The fourth-order valence-corrected chi connectivity index (χ4v) is 3.44. The third-order valence-corrected chi connectivity index (χ3v) is 4.29. The summed E-state index contributed by atoms with van der Waals surface area (Å²) in [7, 11) is 0. The van der Waals surface area contributed by atoms with Crippen molar-refractivity contribution in [2.24, 2.45) is 11.3 Å². The van der Waals surface area contributed by atoms with Gasteiger partial charge in [-0.2, -0.15) is 0 Å². The maximum Gasteiger partial charge on any atom is 0.0631 e. The quantitative estimate of drug-likeness (QED) is 0.695. The highest BCUT2D eigenvalue weighted by molar-refractivity contribution is 9.09. The molecular weight excluding hydrogens is 252 g/mol. The fraction of sp³-hybridized carbons (Fsp3) is 1.00. The maximum absolute atomic E-state index is 6.06. The van der Waals surface area contributed by atoms with Crippen LogP contribution in [-0.2, 0) is 4.74 Å². The van der Waals surface area contributed by atoms with Gasteiger partial charge in [0.2, 0.25) is 0 Å². The molecule has 0 aromatic carbocycles. The topological polar surface area (TPSA) is 9.23 Å². The molecule has 1 nitrogen and oxygen atoms in total. The van der Waals surface area contributed by atoms with Crippen LogP contribution in [0.1, 0.15) is 53.9 Å². The van der Waals surface area contributed by atoms with Crippen molar-refractivity contribution < 1.29 is 4.74 Å². The Morgan fingerprint density at radius 2 is 2.00 bits per heavy atom. The molecule has 0 amide bonds. The number of alkyl halides is 1. The van der Waals surface area contributed by atoms with E-state index in [9.17, 15) is 0 Å². The second kappa shape index (κ2) is 4.75. The molecule has 0 bridgehead atoms. The molecule has 90 valence electrons. The molecule has 0 aliphatic carbocycles. The Kier molecular flexibility index (Phi) is 4.27. The standard InChI is InChI=1S/C13H25BrO/c1-12(2,3)10(9-14)8-11-6-7-13(4,5)15-11/h10-11H,6-9H2,1-5H3. The van der Waals surface area contributed by atoms with Gasteiger partial charge in [0.15, 0.2) is 0 Å². The molecule has 0 aromatic rings. The molecule has 0 N–H and O–H groups in total. The molecule has 2 heteroatoms. The van der Waals surface area contributed by atoms with E-state index in [1.807, 2.05) is 0 Å². The lowest BCUT2D eigenvalue weighted by atomic mass is 9.78. The van der Waals surface area contributed by atoms with E-state index in [1.165, 1.54) is 19.3 Å². The van der Waals surface area contributed by atoms with Crippen LogP contribution >= 0.6 is 15.9 Å². The molecule has 1 aliphatic rings. The summed E-state index contributed by atoms with van der Waals surface area (Å²) < 4.78 is 6.06. The van der Waals surface area contributed by atoms with Gasteiger partial charge < -0.3 is 4.74 Å². The fourth-order valence-electron chi connectivity index (χ4n) is 2.21. The van der Waals surface area contributed by atoms with E-state index in [4.69, 9.17) is 4.74 Å². The van der Waals surface area contributed by atoms with E-state index >= 15 is 0 Å². The van der Waals surface area contributed by atoms with Crippen molar-refractivity contribution in [3.63, 3.8) is 0 Å². The molecule has 1 saturated heterocycles. The lowest BCUT2D eigenvalue weighted by Crippen LogP contribution is -2.28. The Hall–Kier alpha value is 0.440. The minimum Gasteiger partial charge on any atom is -0.372 e. The highest BCUT2D eigenvalue weighted by Gasteiger charge is 2.35. The third kappa shape index (κ3) is 4.07. The Morgan fingerprint density at radius 3 is 2.33 bits per heavy atom. The first-order chi connectivity index (χ1) is 6.74. The van der Waals surface area contributed by atoms with E-state index in [1.54, 1.807) is 0 Å². The lowest BCUT2D eigenvalue weighted by Gasteiger charge is -2.31. The van der Waals surface area contributed by atoms with Crippen molar-refractivity contribution >= 4 is 15.9 Å². The highest BCUT2D eigenvalue weighted by Crippen LogP contribution is 2.37. The molecule has 1 heterocycles. The number of hydrogen-bond donors (Lipinski definition) is 0. The molecular formula is C13H25BrO. The predicted molar refractivity (Wildman–Crippen MR) is 69.5 cm³/mol. The van der Waals surface area contributed by atoms with Gasteiger partial charge >= 0.3 is 0 Å². The number of hydrogen-bond acceptors (Lipinski definition) is 1. The summed E-state index contributed by atoms with van der Waals surface area (Å²) in [6, 6.07) is 0. The molecule has 0 aromatic heterocycles. The van der Waals surface area contributed by atoms with Crippen LogP contribution in [0.3, 0.4) is 0 Å². The van der Waals surface area contributed by atoms with Crippen molar-refractivity contribution in [2.45, 2.75) is 65.6 Å². The van der Waals surface area contributed by atoms with Crippen LogP contribution in [0.5, 0.6) is 0 Å². The normalized spacial score (nSPS) is 28.0. The average Bonchev–Trinajstić information content (AvgIpc) is 2.39. The van der Waals surface area contributed by atoms with Crippen LogP contribution in [0.2, 0.25) is 0 Å².